The Labute approximate surface area is 106 Å². The standard InChI is InChI=1S/C11H12N2O2.V/c12-8-9-3-1-4-10(7-9)15-6-2-5-11(13)14;/h1,3-4,7H,2,5-6H2,(H2,13,14);/p-1. The van der Waals surface area contributed by atoms with Crippen molar-refractivity contribution >= 4 is 5.91 Å². The zero-order valence-electron chi connectivity index (χ0n) is 8.64. The Morgan fingerprint density at radius 2 is 2.25 bits per heavy atom. The molecule has 0 saturated carbocycles. The number of carbonyl (C=O) groups excluding carboxylic acids is 1. The van der Waals surface area contributed by atoms with Gasteiger partial charge in [0.05, 0.1) is 18.2 Å². The SMILES string of the molecule is N#Cc1cccc(OCCCC([NH-])=O)c1.[V]. The topological polar surface area (TPSA) is 73.9 Å². The van der Waals surface area contributed by atoms with Crippen LogP contribution in [0, 0.1) is 11.3 Å². The van der Waals surface area contributed by atoms with Gasteiger partial charge in [-0.1, -0.05) is 6.07 Å². The van der Waals surface area contributed by atoms with Gasteiger partial charge in [-0.15, -0.1) is 0 Å². The van der Waals surface area contributed by atoms with E-state index in [1.165, 1.54) is 0 Å². The minimum Gasteiger partial charge on any atom is -0.668 e. The molecule has 1 aromatic rings. The van der Waals surface area contributed by atoms with Crippen LogP contribution in [0.25, 0.3) is 5.73 Å². The minimum atomic E-state index is -0.579. The first-order valence-electron chi connectivity index (χ1n) is 4.60. The number of nitrogens with one attached hydrogen (secondary N) is 1. The van der Waals surface area contributed by atoms with Gasteiger partial charge in [-0.05, 0) is 31.0 Å². The van der Waals surface area contributed by atoms with Crippen LogP contribution in [0.2, 0.25) is 0 Å². The molecule has 0 aliphatic rings. The fraction of sp³-hybridized carbons (Fsp3) is 0.273. The summed E-state index contributed by atoms with van der Waals surface area (Å²) >= 11 is 0. The average Bonchev–Trinajstić information content (AvgIpc) is 2.24. The first-order valence-corrected chi connectivity index (χ1v) is 4.60. The predicted molar refractivity (Wildman–Crippen MR) is 55.2 cm³/mol. The summed E-state index contributed by atoms with van der Waals surface area (Å²) < 4.78 is 5.31. The molecule has 0 saturated heterocycles. The van der Waals surface area contributed by atoms with Gasteiger partial charge >= 0.3 is 0 Å². The fourth-order valence-corrected chi connectivity index (χ4v) is 1.08. The zero-order valence-corrected chi connectivity index (χ0v) is 10.0. The molecule has 0 unspecified atom stereocenters. The summed E-state index contributed by atoms with van der Waals surface area (Å²) in [5.74, 6) is 0.0378. The van der Waals surface area contributed by atoms with Crippen LogP contribution in [0.1, 0.15) is 18.4 Å². The molecule has 5 heteroatoms. The number of nitriles is 1. The maximum absolute atomic E-state index is 10.3. The van der Waals surface area contributed by atoms with E-state index in [1.54, 1.807) is 24.3 Å². The molecule has 16 heavy (non-hydrogen) atoms. The van der Waals surface area contributed by atoms with E-state index in [9.17, 15) is 4.79 Å². The molecule has 1 radical (unpaired) electrons. The predicted octanol–water partition coefficient (Wildman–Crippen LogP) is 2.29. The molecule has 0 aliphatic heterocycles. The Bertz CT molecular complexity index is 388. The molecule has 0 fully saturated rings. The van der Waals surface area contributed by atoms with Crippen molar-refractivity contribution in [3.8, 4) is 11.8 Å². The molecule has 0 aliphatic carbocycles. The molecule has 0 spiro atoms. The number of carbonyl (C=O) groups is 1. The van der Waals surface area contributed by atoms with Gasteiger partial charge in [0.1, 0.15) is 5.75 Å². The van der Waals surface area contributed by atoms with Gasteiger partial charge in [0.15, 0.2) is 0 Å². The van der Waals surface area contributed by atoms with Crippen molar-refractivity contribution in [3.05, 3.63) is 35.6 Å². The Morgan fingerprint density at radius 3 is 2.88 bits per heavy atom. The first-order chi connectivity index (χ1) is 7.22. The number of benzene rings is 1. The monoisotopic (exact) mass is 254 g/mol. The summed E-state index contributed by atoms with van der Waals surface area (Å²) in [7, 11) is 0. The van der Waals surface area contributed by atoms with E-state index in [2.05, 4.69) is 0 Å². The molecule has 1 N–H and O–H groups in total. The second kappa shape index (κ2) is 7.80. The van der Waals surface area contributed by atoms with E-state index in [0.717, 1.165) is 0 Å². The van der Waals surface area contributed by atoms with Gasteiger partial charge in [0.2, 0.25) is 0 Å². The van der Waals surface area contributed by atoms with Crippen LogP contribution in [0.4, 0.5) is 0 Å². The summed E-state index contributed by atoms with van der Waals surface area (Å²) in [5.41, 5.74) is 7.23. The van der Waals surface area contributed by atoms with Crippen molar-refractivity contribution < 1.29 is 28.1 Å². The molecule has 1 aromatic carbocycles. The normalized spacial score (nSPS) is 8.69. The summed E-state index contributed by atoms with van der Waals surface area (Å²) in [6.45, 7) is 0.388. The van der Waals surface area contributed by atoms with E-state index >= 15 is 0 Å². The number of nitrogens with zero attached hydrogens (tertiary/aromatic N) is 1. The molecule has 83 valence electrons. The Morgan fingerprint density at radius 1 is 1.50 bits per heavy atom. The number of ether oxygens (including phenoxy) is 1. The Kier molecular flexibility index (Phi) is 7.10. The number of rotatable bonds is 5. The largest absolute Gasteiger partial charge is 0.668 e. The van der Waals surface area contributed by atoms with Crippen LogP contribution >= 0.6 is 0 Å². The van der Waals surface area contributed by atoms with Crippen LogP contribution < -0.4 is 4.74 Å². The third-order valence-electron chi connectivity index (χ3n) is 1.78. The molecule has 0 aromatic heterocycles. The molecule has 1 rings (SSSR count). The molecule has 4 nitrogen and oxygen atoms in total. The quantitative estimate of drug-likeness (QED) is 0.756. The van der Waals surface area contributed by atoms with E-state index in [1.807, 2.05) is 6.07 Å². The summed E-state index contributed by atoms with van der Waals surface area (Å²) in [6, 6.07) is 8.84. The Balaban J connectivity index is 0.00000225. The van der Waals surface area contributed by atoms with E-state index in [-0.39, 0.29) is 25.0 Å². The van der Waals surface area contributed by atoms with Crippen molar-refractivity contribution in [3.63, 3.8) is 0 Å². The van der Waals surface area contributed by atoms with E-state index < -0.39 is 5.91 Å². The molecule has 1 amide bonds. The van der Waals surface area contributed by atoms with E-state index in [0.29, 0.717) is 24.3 Å². The molecule has 0 bridgehead atoms. The van der Waals surface area contributed by atoms with E-state index in [4.69, 9.17) is 15.7 Å². The van der Waals surface area contributed by atoms with Crippen molar-refractivity contribution in [1.29, 1.82) is 5.26 Å². The maximum atomic E-state index is 10.3. The maximum Gasteiger partial charge on any atom is 0.120 e. The summed E-state index contributed by atoms with van der Waals surface area (Å²) in [5, 5.41) is 8.63. The molecular weight excluding hydrogens is 243 g/mol. The van der Waals surface area contributed by atoms with Gasteiger partial charge in [0, 0.05) is 24.5 Å². The van der Waals surface area contributed by atoms with Gasteiger partial charge < -0.3 is 15.3 Å². The van der Waals surface area contributed by atoms with Crippen LogP contribution in [-0.2, 0) is 23.4 Å². The van der Waals surface area contributed by atoms with Crippen LogP contribution in [-0.4, -0.2) is 12.5 Å². The van der Waals surface area contributed by atoms with Gasteiger partial charge in [-0.2, -0.15) is 5.26 Å². The fourth-order valence-electron chi connectivity index (χ4n) is 1.08. The van der Waals surface area contributed by atoms with Crippen LogP contribution in [0.3, 0.4) is 0 Å². The van der Waals surface area contributed by atoms with Crippen molar-refractivity contribution in [2.24, 2.45) is 0 Å². The second-order valence-corrected chi connectivity index (χ2v) is 3.01. The van der Waals surface area contributed by atoms with Crippen LogP contribution in [0.15, 0.2) is 24.3 Å². The third kappa shape index (κ3) is 5.45. The van der Waals surface area contributed by atoms with Crippen molar-refractivity contribution in [2.45, 2.75) is 12.8 Å². The number of amides is 1. The van der Waals surface area contributed by atoms with Gasteiger partial charge in [-0.25, -0.2) is 0 Å². The number of hydrogen-bond acceptors (Lipinski definition) is 3. The minimum absolute atomic E-state index is 0. The zero-order chi connectivity index (χ0) is 11.1. The molecular formula is C11H11N2O2V-. The average molecular weight is 254 g/mol. The van der Waals surface area contributed by atoms with Gasteiger partial charge in [0.25, 0.3) is 0 Å². The van der Waals surface area contributed by atoms with Crippen molar-refractivity contribution in [1.82, 2.24) is 0 Å². The first kappa shape index (κ1) is 14.6. The van der Waals surface area contributed by atoms with Crippen LogP contribution in [0.5, 0.6) is 5.75 Å². The summed E-state index contributed by atoms with van der Waals surface area (Å²) in [4.78, 5) is 10.3. The second-order valence-electron chi connectivity index (χ2n) is 3.01. The summed E-state index contributed by atoms with van der Waals surface area (Å²) in [6.07, 6.45) is 0.733. The molecule has 0 atom stereocenters. The smallest absolute Gasteiger partial charge is 0.120 e. The molecule has 0 heterocycles. The number of hydrogen-bond donors (Lipinski definition) is 0. The van der Waals surface area contributed by atoms with Gasteiger partial charge in [-0.3, -0.25) is 0 Å². The van der Waals surface area contributed by atoms with Crippen molar-refractivity contribution in [2.75, 3.05) is 6.61 Å². The Hall–Kier alpha value is -1.44. The third-order valence-corrected chi connectivity index (χ3v) is 1.78.